The van der Waals surface area contributed by atoms with Gasteiger partial charge in [-0.15, -0.1) is 0 Å². The average molecular weight is 296 g/mol. The lowest BCUT2D eigenvalue weighted by atomic mass is 9.98. The first-order valence-corrected chi connectivity index (χ1v) is 7.87. The number of aryl methyl sites for hydroxylation is 3. The second-order valence-corrected chi connectivity index (χ2v) is 5.69. The van der Waals surface area contributed by atoms with Crippen LogP contribution < -0.4 is 5.32 Å². The van der Waals surface area contributed by atoms with Crippen LogP contribution in [0.25, 0.3) is 0 Å². The number of hydrogen-bond donors (Lipinski definition) is 1. The molecule has 3 nitrogen and oxygen atoms in total. The Bertz CT molecular complexity index is 588. The van der Waals surface area contributed by atoms with Crippen molar-refractivity contribution in [3.05, 3.63) is 65.0 Å². The number of nitrogens with one attached hydrogen (secondary N) is 1. The lowest BCUT2D eigenvalue weighted by Crippen LogP contribution is -2.25. The van der Waals surface area contributed by atoms with Crippen LogP contribution in [0.2, 0.25) is 0 Å². The van der Waals surface area contributed by atoms with Crippen LogP contribution in [0, 0.1) is 13.8 Å². The summed E-state index contributed by atoms with van der Waals surface area (Å²) < 4.78 is 0. The number of pyridine rings is 1. The van der Waals surface area contributed by atoms with Crippen LogP contribution in [0.15, 0.2) is 42.7 Å². The van der Waals surface area contributed by atoms with E-state index in [0.29, 0.717) is 6.42 Å². The molecular formula is C19H24N2O. The Labute approximate surface area is 132 Å². The lowest BCUT2D eigenvalue weighted by Gasteiger charge is -2.10. The van der Waals surface area contributed by atoms with Gasteiger partial charge in [0.1, 0.15) is 0 Å². The SMILES string of the molecule is Cc1cccc(C)c1CCC(=O)NCCCc1cccnc1. The summed E-state index contributed by atoms with van der Waals surface area (Å²) in [6.07, 6.45) is 6.92. The van der Waals surface area contributed by atoms with Crippen LogP contribution >= 0.6 is 0 Å². The quantitative estimate of drug-likeness (QED) is 0.796. The first kappa shape index (κ1) is 16.2. The number of carbonyl (C=O) groups is 1. The maximum atomic E-state index is 11.9. The van der Waals surface area contributed by atoms with Crippen molar-refractivity contribution in [2.24, 2.45) is 0 Å². The molecule has 0 saturated carbocycles. The van der Waals surface area contributed by atoms with Crippen LogP contribution in [0.3, 0.4) is 0 Å². The van der Waals surface area contributed by atoms with E-state index in [1.807, 2.05) is 12.3 Å². The number of carbonyl (C=O) groups excluding carboxylic acids is 1. The van der Waals surface area contributed by atoms with E-state index in [9.17, 15) is 4.79 Å². The first-order chi connectivity index (χ1) is 10.7. The summed E-state index contributed by atoms with van der Waals surface area (Å²) in [7, 11) is 0. The third kappa shape index (κ3) is 4.99. The second kappa shape index (κ2) is 8.32. The molecule has 0 radical (unpaired) electrons. The van der Waals surface area contributed by atoms with Crippen molar-refractivity contribution in [3.63, 3.8) is 0 Å². The van der Waals surface area contributed by atoms with Gasteiger partial charge < -0.3 is 5.32 Å². The number of rotatable bonds is 7. The summed E-state index contributed by atoms with van der Waals surface area (Å²) in [4.78, 5) is 16.0. The molecule has 2 rings (SSSR count). The molecule has 1 aromatic carbocycles. The summed E-state index contributed by atoms with van der Waals surface area (Å²) in [5.41, 5.74) is 5.05. The largest absolute Gasteiger partial charge is 0.356 e. The van der Waals surface area contributed by atoms with Gasteiger partial charge in [0.2, 0.25) is 5.91 Å². The Kier molecular flexibility index (Phi) is 6.13. The van der Waals surface area contributed by atoms with Gasteiger partial charge >= 0.3 is 0 Å². The van der Waals surface area contributed by atoms with Gasteiger partial charge in [0.15, 0.2) is 0 Å². The molecule has 1 N–H and O–H groups in total. The van der Waals surface area contributed by atoms with Crippen molar-refractivity contribution in [1.29, 1.82) is 0 Å². The highest BCUT2D eigenvalue weighted by Gasteiger charge is 2.06. The fourth-order valence-electron chi connectivity index (χ4n) is 2.64. The molecule has 0 fully saturated rings. The second-order valence-electron chi connectivity index (χ2n) is 5.69. The van der Waals surface area contributed by atoms with Gasteiger partial charge in [0, 0.05) is 25.4 Å². The molecule has 0 aliphatic heterocycles. The molecule has 116 valence electrons. The number of amides is 1. The topological polar surface area (TPSA) is 42.0 Å². The van der Waals surface area contributed by atoms with E-state index in [4.69, 9.17) is 0 Å². The summed E-state index contributed by atoms with van der Waals surface area (Å²) in [5, 5.41) is 3.00. The Morgan fingerprint density at radius 2 is 1.86 bits per heavy atom. The molecule has 1 aromatic heterocycles. The monoisotopic (exact) mass is 296 g/mol. The zero-order valence-corrected chi connectivity index (χ0v) is 13.4. The summed E-state index contributed by atoms with van der Waals surface area (Å²) in [5.74, 6) is 0.133. The van der Waals surface area contributed by atoms with Gasteiger partial charge in [-0.3, -0.25) is 9.78 Å². The van der Waals surface area contributed by atoms with E-state index in [1.165, 1.54) is 22.3 Å². The van der Waals surface area contributed by atoms with Crippen LogP contribution in [0.5, 0.6) is 0 Å². The highest BCUT2D eigenvalue weighted by atomic mass is 16.1. The number of nitrogens with zero attached hydrogens (tertiary/aromatic N) is 1. The van der Waals surface area contributed by atoms with E-state index in [-0.39, 0.29) is 5.91 Å². The van der Waals surface area contributed by atoms with E-state index in [1.54, 1.807) is 6.20 Å². The van der Waals surface area contributed by atoms with E-state index < -0.39 is 0 Å². The van der Waals surface area contributed by atoms with Gasteiger partial charge in [-0.05, 0) is 61.4 Å². The third-order valence-corrected chi connectivity index (χ3v) is 3.93. The zero-order chi connectivity index (χ0) is 15.8. The number of benzene rings is 1. The Balaban J connectivity index is 1.68. The normalized spacial score (nSPS) is 10.5. The summed E-state index contributed by atoms with van der Waals surface area (Å²) >= 11 is 0. The van der Waals surface area contributed by atoms with Crippen molar-refractivity contribution < 1.29 is 4.79 Å². The molecule has 3 heteroatoms. The maximum Gasteiger partial charge on any atom is 0.220 e. The third-order valence-electron chi connectivity index (χ3n) is 3.93. The predicted molar refractivity (Wildman–Crippen MR) is 89.8 cm³/mol. The van der Waals surface area contributed by atoms with Crippen molar-refractivity contribution >= 4 is 5.91 Å². The van der Waals surface area contributed by atoms with Crippen molar-refractivity contribution in [1.82, 2.24) is 10.3 Å². The maximum absolute atomic E-state index is 11.9. The minimum Gasteiger partial charge on any atom is -0.356 e. The Hall–Kier alpha value is -2.16. The lowest BCUT2D eigenvalue weighted by molar-refractivity contribution is -0.121. The average Bonchev–Trinajstić information content (AvgIpc) is 2.52. The van der Waals surface area contributed by atoms with Crippen molar-refractivity contribution in [2.45, 2.75) is 39.5 Å². The van der Waals surface area contributed by atoms with Crippen LogP contribution in [-0.2, 0) is 17.6 Å². The number of hydrogen-bond acceptors (Lipinski definition) is 2. The zero-order valence-electron chi connectivity index (χ0n) is 13.4. The smallest absolute Gasteiger partial charge is 0.220 e. The fourth-order valence-corrected chi connectivity index (χ4v) is 2.64. The van der Waals surface area contributed by atoms with Gasteiger partial charge in [-0.25, -0.2) is 0 Å². The standard InChI is InChI=1S/C19H24N2O/c1-15-6-3-7-16(2)18(15)10-11-19(22)21-13-5-9-17-8-4-12-20-14-17/h3-4,6-8,12,14H,5,9-11,13H2,1-2H3,(H,21,22). The Morgan fingerprint density at radius 3 is 2.55 bits per heavy atom. The molecule has 0 saturated heterocycles. The molecule has 22 heavy (non-hydrogen) atoms. The summed E-state index contributed by atoms with van der Waals surface area (Å²) in [6.45, 7) is 4.93. The molecule has 2 aromatic rings. The highest BCUT2D eigenvalue weighted by Crippen LogP contribution is 2.15. The van der Waals surface area contributed by atoms with Crippen molar-refractivity contribution in [3.8, 4) is 0 Å². The minimum absolute atomic E-state index is 0.133. The van der Waals surface area contributed by atoms with E-state index in [0.717, 1.165) is 25.8 Å². The molecule has 0 bridgehead atoms. The predicted octanol–water partition coefficient (Wildman–Crippen LogP) is 3.38. The van der Waals surface area contributed by atoms with Gasteiger partial charge in [0.05, 0.1) is 0 Å². The fraction of sp³-hybridized carbons (Fsp3) is 0.368. The van der Waals surface area contributed by atoms with Crippen LogP contribution in [0.4, 0.5) is 0 Å². The van der Waals surface area contributed by atoms with Crippen LogP contribution in [-0.4, -0.2) is 17.4 Å². The summed E-state index contributed by atoms with van der Waals surface area (Å²) in [6, 6.07) is 10.3. The van der Waals surface area contributed by atoms with Gasteiger partial charge in [-0.1, -0.05) is 24.3 Å². The molecule has 0 atom stereocenters. The van der Waals surface area contributed by atoms with E-state index in [2.05, 4.69) is 48.4 Å². The highest BCUT2D eigenvalue weighted by molar-refractivity contribution is 5.76. The Morgan fingerprint density at radius 1 is 1.09 bits per heavy atom. The molecular weight excluding hydrogens is 272 g/mol. The molecule has 0 spiro atoms. The number of aromatic nitrogens is 1. The van der Waals surface area contributed by atoms with Crippen LogP contribution in [0.1, 0.15) is 35.1 Å². The molecule has 1 amide bonds. The van der Waals surface area contributed by atoms with Gasteiger partial charge in [0.25, 0.3) is 0 Å². The molecule has 0 aliphatic carbocycles. The van der Waals surface area contributed by atoms with Gasteiger partial charge in [-0.2, -0.15) is 0 Å². The molecule has 1 heterocycles. The molecule has 0 aliphatic rings. The van der Waals surface area contributed by atoms with Crippen molar-refractivity contribution in [2.75, 3.05) is 6.54 Å². The molecule has 0 unspecified atom stereocenters. The first-order valence-electron chi connectivity index (χ1n) is 7.87. The minimum atomic E-state index is 0.133. The van der Waals surface area contributed by atoms with E-state index >= 15 is 0 Å².